The molecule has 1 unspecified atom stereocenters. The minimum atomic E-state index is -0.895. The van der Waals surface area contributed by atoms with Crippen molar-refractivity contribution in [3.8, 4) is 17.1 Å². The molecule has 0 radical (unpaired) electrons. The van der Waals surface area contributed by atoms with E-state index < -0.39 is 11.2 Å². The number of H-pyrrole nitrogens is 1. The Hall–Kier alpha value is -2.02. The average Bonchev–Trinajstić information content (AvgIpc) is 2.86. The molecule has 6 nitrogen and oxygen atoms in total. The molecule has 0 bridgehead atoms. The lowest BCUT2D eigenvalue weighted by Crippen LogP contribution is -2.11. The number of thioether (sulfide) groups is 1. The third-order valence-corrected chi connectivity index (χ3v) is 3.41. The molecule has 0 spiro atoms. The monoisotopic (exact) mass is 279 g/mol. The summed E-state index contributed by atoms with van der Waals surface area (Å²) in [5, 5.41) is 15.4. The number of para-hydroxylation sites is 1. The van der Waals surface area contributed by atoms with E-state index in [-0.39, 0.29) is 0 Å². The number of aromatic amines is 1. The van der Waals surface area contributed by atoms with E-state index in [0.717, 1.165) is 17.3 Å². The predicted octanol–water partition coefficient (Wildman–Crippen LogP) is 2.05. The number of methoxy groups -OCH3 is 1. The minimum absolute atomic E-state index is 0.399. The molecule has 1 aromatic carbocycles. The van der Waals surface area contributed by atoms with Gasteiger partial charge in [0.1, 0.15) is 11.0 Å². The number of nitrogens with one attached hydrogen (secondary N) is 1. The van der Waals surface area contributed by atoms with Crippen LogP contribution in [-0.4, -0.2) is 38.6 Å². The largest absolute Gasteiger partial charge is 0.496 e. The van der Waals surface area contributed by atoms with E-state index in [1.165, 1.54) is 0 Å². The van der Waals surface area contributed by atoms with Crippen molar-refractivity contribution in [1.82, 2.24) is 15.2 Å². The van der Waals surface area contributed by atoms with Crippen molar-refractivity contribution in [3.05, 3.63) is 24.3 Å². The van der Waals surface area contributed by atoms with Crippen molar-refractivity contribution in [2.24, 2.45) is 0 Å². The highest BCUT2D eigenvalue weighted by molar-refractivity contribution is 8.00. The van der Waals surface area contributed by atoms with Gasteiger partial charge < -0.3 is 9.84 Å². The highest BCUT2D eigenvalue weighted by Gasteiger charge is 2.17. The Kier molecular flexibility index (Phi) is 4.06. The van der Waals surface area contributed by atoms with Crippen molar-refractivity contribution in [2.75, 3.05) is 7.11 Å². The van der Waals surface area contributed by atoms with Crippen LogP contribution in [0.4, 0.5) is 0 Å². The highest BCUT2D eigenvalue weighted by atomic mass is 32.2. The number of hydrogen-bond acceptors (Lipinski definition) is 5. The summed E-state index contributed by atoms with van der Waals surface area (Å²) in [6.45, 7) is 1.59. The number of rotatable bonds is 5. The van der Waals surface area contributed by atoms with E-state index >= 15 is 0 Å². The van der Waals surface area contributed by atoms with Crippen molar-refractivity contribution in [1.29, 1.82) is 0 Å². The van der Waals surface area contributed by atoms with Crippen LogP contribution >= 0.6 is 11.8 Å². The molecule has 2 aromatic rings. The Morgan fingerprint density at radius 2 is 2.21 bits per heavy atom. The lowest BCUT2D eigenvalue weighted by molar-refractivity contribution is -0.136. The van der Waals surface area contributed by atoms with Gasteiger partial charge in [-0.3, -0.25) is 9.89 Å². The van der Waals surface area contributed by atoms with Crippen molar-refractivity contribution < 1.29 is 14.6 Å². The number of hydrogen-bond donors (Lipinski definition) is 2. The fourth-order valence-corrected chi connectivity index (χ4v) is 2.13. The normalized spacial score (nSPS) is 12.1. The number of carboxylic acid groups (broad SMARTS) is 1. The molecule has 0 amide bonds. The zero-order valence-corrected chi connectivity index (χ0v) is 11.3. The quantitative estimate of drug-likeness (QED) is 0.814. The molecule has 1 aromatic heterocycles. The first kappa shape index (κ1) is 13.4. The van der Waals surface area contributed by atoms with Gasteiger partial charge in [0, 0.05) is 0 Å². The van der Waals surface area contributed by atoms with E-state index in [2.05, 4.69) is 15.2 Å². The van der Waals surface area contributed by atoms with Crippen LogP contribution < -0.4 is 4.74 Å². The maximum atomic E-state index is 10.8. The van der Waals surface area contributed by atoms with Gasteiger partial charge in [0.15, 0.2) is 5.82 Å². The second-order valence-electron chi connectivity index (χ2n) is 3.77. The number of ether oxygens (including phenoxy) is 1. The molecule has 0 saturated heterocycles. The maximum Gasteiger partial charge on any atom is 0.316 e. The third kappa shape index (κ3) is 3.05. The molecule has 0 aliphatic carbocycles. The molecule has 100 valence electrons. The zero-order chi connectivity index (χ0) is 13.8. The Labute approximate surface area is 114 Å². The standard InChI is InChI=1S/C12H13N3O3S/c1-7(11(16)17)19-12-13-10(14-15-12)8-5-3-4-6-9(8)18-2/h3-7H,1-2H3,(H,16,17)(H,13,14,15). The Morgan fingerprint density at radius 1 is 1.47 bits per heavy atom. The third-order valence-electron chi connectivity index (χ3n) is 2.46. The van der Waals surface area contributed by atoms with Gasteiger partial charge in [-0.2, -0.15) is 0 Å². The number of carboxylic acids is 1. The molecule has 1 atom stereocenters. The van der Waals surface area contributed by atoms with Gasteiger partial charge in [0.2, 0.25) is 5.16 Å². The summed E-state index contributed by atoms with van der Waals surface area (Å²) >= 11 is 1.09. The SMILES string of the molecule is COc1ccccc1-c1nc(SC(C)C(=O)O)n[nH]1. The van der Waals surface area contributed by atoms with E-state index in [1.807, 2.05) is 24.3 Å². The first-order valence-electron chi connectivity index (χ1n) is 5.57. The summed E-state index contributed by atoms with van der Waals surface area (Å²) in [6.07, 6.45) is 0. The van der Waals surface area contributed by atoms with Crippen molar-refractivity contribution in [2.45, 2.75) is 17.3 Å². The molecular weight excluding hydrogens is 266 g/mol. The van der Waals surface area contributed by atoms with Gasteiger partial charge >= 0.3 is 5.97 Å². The van der Waals surface area contributed by atoms with E-state index in [1.54, 1.807) is 14.0 Å². The second kappa shape index (κ2) is 5.75. The smallest absolute Gasteiger partial charge is 0.316 e. The molecule has 2 rings (SSSR count). The number of aliphatic carboxylic acids is 1. The molecule has 0 fully saturated rings. The maximum absolute atomic E-state index is 10.8. The lowest BCUT2D eigenvalue weighted by Gasteiger charge is -2.04. The van der Waals surface area contributed by atoms with Gasteiger partial charge in [0.05, 0.1) is 12.7 Å². The van der Waals surface area contributed by atoms with Crippen LogP contribution in [0.2, 0.25) is 0 Å². The van der Waals surface area contributed by atoms with E-state index in [9.17, 15) is 4.79 Å². The van der Waals surface area contributed by atoms with Crippen LogP contribution in [0.1, 0.15) is 6.92 Å². The molecule has 19 heavy (non-hydrogen) atoms. The first-order chi connectivity index (χ1) is 9.11. The van der Waals surface area contributed by atoms with Crippen LogP contribution in [0.5, 0.6) is 5.75 Å². The summed E-state index contributed by atoms with van der Waals surface area (Å²) in [4.78, 5) is 15.0. The van der Waals surface area contributed by atoms with Crippen LogP contribution in [0.15, 0.2) is 29.4 Å². The number of nitrogens with zero attached hydrogens (tertiary/aromatic N) is 2. The highest BCUT2D eigenvalue weighted by Crippen LogP contribution is 2.28. The van der Waals surface area contributed by atoms with Crippen molar-refractivity contribution >= 4 is 17.7 Å². The number of benzene rings is 1. The summed E-state index contributed by atoms with van der Waals surface area (Å²) in [6, 6.07) is 7.41. The topological polar surface area (TPSA) is 88.1 Å². The molecule has 7 heteroatoms. The molecule has 0 aliphatic rings. The molecule has 0 saturated carbocycles. The lowest BCUT2D eigenvalue weighted by atomic mass is 10.2. The van der Waals surface area contributed by atoms with Gasteiger partial charge in [-0.15, -0.1) is 5.10 Å². The second-order valence-corrected chi connectivity index (χ2v) is 5.07. The summed E-state index contributed by atoms with van der Waals surface area (Å²) in [5.74, 6) is 0.340. The Morgan fingerprint density at radius 3 is 2.89 bits per heavy atom. The van der Waals surface area contributed by atoms with Crippen LogP contribution in [-0.2, 0) is 4.79 Å². The van der Waals surface area contributed by atoms with Gasteiger partial charge in [-0.05, 0) is 19.1 Å². The Balaban J connectivity index is 2.23. The fourth-order valence-electron chi connectivity index (χ4n) is 1.47. The van der Waals surface area contributed by atoms with Gasteiger partial charge in [-0.25, -0.2) is 4.98 Å². The van der Waals surface area contributed by atoms with Gasteiger partial charge in [-0.1, -0.05) is 23.9 Å². The van der Waals surface area contributed by atoms with Crippen LogP contribution in [0.3, 0.4) is 0 Å². The predicted molar refractivity (Wildman–Crippen MR) is 71.3 cm³/mol. The summed E-state index contributed by atoms with van der Waals surface area (Å²) in [7, 11) is 1.58. The van der Waals surface area contributed by atoms with Crippen LogP contribution in [0, 0.1) is 0 Å². The molecule has 0 aliphatic heterocycles. The average molecular weight is 279 g/mol. The summed E-state index contributed by atoms with van der Waals surface area (Å²) < 4.78 is 5.24. The fraction of sp³-hybridized carbons (Fsp3) is 0.250. The number of carbonyl (C=O) groups is 1. The molecule has 1 heterocycles. The van der Waals surface area contributed by atoms with E-state index in [4.69, 9.17) is 9.84 Å². The van der Waals surface area contributed by atoms with E-state index in [0.29, 0.717) is 16.7 Å². The van der Waals surface area contributed by atoms with Crippen molar-refractivity contribution in [3.63, 3.8) is 0 Å². The van der Waals surface area contributed by atoms with Gasteiger partial charge in [0.25, 0.3) is 0 Å². The Bertz CT molecular complexity index is 585. The molecule has 2 N–H and O–H groups in total. The first-order valence-corrected chi connectivity index (χ1v) is 6.45. The zero-order valence-electron chi connectivity index (χ0n) is 10.5. The molecular formula is C12H13N3O3S. The number of aromatic nitrogens is 3. The summed E-state index contributed by atoms with van der Waals surface area (Å²) in [5.41, 5.74) is 0.785. The minimum Gasteiger partial charge on any atom is -0.496 e. The van der Waals surface area contributed by atoms with Crippen LogP contribution in [0.25, 0.3) is 11.4 Å².